The Morgan fingerprint density at radius 3 is 2.54 bits per heavy atom. The lowest BCUT2D eigenvalue weighted by atomic mass is 10.1. The number of unbranched alkanes of at least 4 members (excludes halogenated alkanes) is 1. The molecule has 3 N–H and O–H groups in total. The zero-order chi connectivity index (χ0) is 18.9. The van der Waals surface area contributed by atoms with E-state index >= 15 is 0 Å². The Morgan fingerprint density at radius 1 is 1.04 bits per heavy atom. The molecule has 26 heavy (non-hydrogen) atoms. The van der Waals surface area contributed by atoms with Crippen molar-refractivity contribution in [1.29, 1.82) is 0 Å². The first-order valence-corrected chi connectivity index (χ1v) is 8.98. The summed E-state index contributed by atoms with van der Waals surface area (Å²) in [5, 5.41) is 8.60. The van der Waals surface area contributed by atoms with Crippen molar-refractivity contribution in [2.24, 2.45) is 0 Å². The Balaban J connectivity index is 2.02. The summed E-state index contributed by atoms with van der Waals surface area (Å²) in [7, 11) is 0. The van der Waals surface area contributed by atoms with Crippen molar-refractivity contribution >= 4 is 34.8 Å². The number of amides is 2. The number of aryl methyl sites for hydroxylation is 1. The number of carbonyl (C=O) groups excluding carboxylic acids is 2. The van der Waals surface area contributed by atoms with Crippen molar-refractivity contribution in [1.82, 2.24) is 10.6 Å². The van der Waals surface area contributed by atoms with E-state index in [9.17, 15) is 9.59 Å². The van der Waals surface area contributed by atoms with E-state index in [1.165, 1.54) is 0 Å². The minimum atomic E-state index is -0.295. The van der Waals surface area contributed by atoms with Gasteiger partial charge in [0.25, 0.3) is 11.8 Å². The van der Waals surface area contributed by atoms with Crippen molar-refractivity contribution < 1.29 is 9.59 Å². The third kappa shape index (κ3) is 5.67. The summed E-state index contributed by atoms with van der Waals surface area (Å²) in [4.78, 5) is 24.6. The lowest BCUT2D eigenvalue weighted by molar-refractivity contribution is 0.0952. The van der Waals surface area contributed by atoms with Gasteiger partial charge in [-0.3, -0.25) is 14.9 Å². The van der Waals surface area contributed by atoms with Gasteiger partial charge in [-0.25, -0.2) is 0 Å². The third-order valence-corrected chi connectivity index (χ3v) is 3.95. The summed E-state index contributed by atoms with van der Waals surface area (Å²) in [5.41, 5.74) is 2.55. The average Bonchev–Trinajstić information content (AvgIpc) is 2.62. The van der Waals surface area contributed by atoms with E-state index in [0.717, 1.165) is 18.4 Å². The standard InChI is InChI=1S/C20H23N3O2S/c1-3-4-12-21-19(25)16-10-5-6-11-17(16)22-20(26)23-18(24)15-9-7-8-14(2)13-15/h5-11,13H,3-4,12H2,1-2H3,(H,21,25)(H2,22,23,24,26). The number of benzene rings is 2. The Morgan fingerprint density at radius 2 is 1.81 bits per heavy atom. The van der Waals surface area contributed by atoms with Crippen LogP contribution in [0, 0.1) is 6.92 Å². The van der Waals surface area contributed by atoms with Crippen LogP contribution in [0.5, 0.6) is 0 Å². The number of hydrogen-bond donors (Lipinski definition) is 3. The molecule has 0 aromatic heterocycles. The van der Waals surface area contributed by atoms with E-state index in [-0.39, 0.29) is 16.9 Å². The van der Waals surface area contributed by atoms with E-state index < -0.39 is 0 Å². The highest BCUT2D eigenvalue weighted by molar-refractivity contribution is 7.80. The molecule has 0 radical (unpaired) electrons. The van der Waals surface area contributed by atoms with Crippen LogP contribution in [-0.4, -0.2) is 23.5 Å². The van der Waals surface area contributed by atoms with Crippen LogP contribution in [-0.2, 0) is 0 Å². The maximum atomic E-state index is 12.3. The first-order valence-electron chi connectivity index (χ1n) is 8.57. The molecule has 0 fully saturated rings. The molecule has 0 unspecified atom stereocenters. The molecular weight excluding hydrogens is 346 g/mol. The molecule has 0 spiro atoms. The highest BCUT2D eigenvalue weighted by Crippen LogP contribution is 2.15. The van der Waals surface area contributed by atoms with Gasteiger partial charge in [0.05, 0.1) is 11.3 Å². The van der Waals surface area contributed by atoms with Crippen LogP contribution in [0.25, 0.3) is 0 Å². The van der Waals surface area contributed by atoms with E-state index in [1.54, 1.807) is 36.4 Å². The molecule has 0 bridgehead atoms. The second kappa shape index (κ2) is 9.68. The number of rotatable bonds is 6. The molecule has 0 aliphatic carbocycles. The molecule has 0 saturated carbocycles. The molecule has 2 amide bonds. The molecule has 0 aliphatic heterocycles. The second-order valence-corrected chi connectivity index (χ2v) is 6.34. The molecule has 5 nitrogen and oxygen atoms in total. The van der Waals surface area contributed by atoms with Crippen LogP contribution in [0.2, 0.25) is 0 Å². The minimum Gasteiger partial charge on any atom is -0.352 e. The van der Waals surface area contributed by atoms with Gasteiger partial charge in [0.2, 0.25) is 0 Å². The fourth-order valence-electron chi connectivity index (χ4n) is 2.38. The summed E-state index contributed by atoms with van der Waals surface area (Å²) < 4.78 is 0. The summed E-state index contributed by atoms with van der Waals surface area (Å²) in [5.74, 6) is -0.467. The molecular formula is C20H23N3O2S. The Labute approximate surface area is 159 Å². The zero-order valence-electron chi connectivity index (χ0n) is 15.0. The summed E-state index contributed by atoms with van der Waals surface area (Å²) in [6, 6.07) is 14.3. The van der Waals surface area contributed by atoms with Crippen molar-refractivity contribution in [3.05, 3.63) is 65.2 Å². The molecule has 0 aliphatic rings. The molecule has 136 valence electrons. The Bertz CT molecular complexity index is 805. The SMILES string of the molecule is CCCCNC(=O)c1ccccc1NC(=S)NC(=O)c1cccc(C)c1. The fraction of sp³-hybridized carbons (Fsp3) is 0.250. The lowest BCUT2D eigenvalue weighted by Gasteiger charge is -2.13. The molecule has 0 saturated heterocycles. The normalized spacial score (nSPS) is 10.1. The first kappa shape index (κ1) is 19.6. The maximum absolute atomic E-state index is 12.3. The van der Waals surface area contributed by atoms with Crippen molar-refractivity contribution in [2.45, 2.75) is 26.7 Å². The Kier molecular flexibility index (Phi) is 7.29. The smallest absolute Gasteiger partial charge is 0.257 e. The summed E-state index contributed by atoms with van der Waals surface area (Å²) in [6.07, 6.45) is 1.93. The summed E-state index contributed by atoms with van der Waals surface area (Å²) >= 11 is 5.22. The molecule has 2 aromatic carbocycles. The van der Waals surface area contributed by atoms with Gasteiger partial charge in [0.1, 0.15) is 0 Å². The molecule has 2 rings (SSSR count). The van der Waals surface area contributed by atoms with Crippen LogP contribution in [0.4, 0.5) is 5.69 Å². The van der Waals surface area contributed by atoms with Crippen LogP contribution in [0.15, 0.2) is 48.5 Å². The molecule has 6 heteroatoms. The van der Waals surface area contributed by atoms with Gasteiger partial charge in [0.15, 0.2) is 5.11 Å². The number of hydrogen-bond acceptors (Lipinski definition) is 3. The van der Waals surface area contributed by atoms with Crippen LogP contribution < -0.4 is 16.0 Å². The van der Waals surface area contributed by atoms with E-state index in [1.807, 2.05) is 19.1 Å². The predicted octanol–water partition coefficient (Wildman–Crippen LogP) is 3.65. The topological polar surface area (TPSA) is 70.2 Å². The van der Waals surface area contributed by atoms with Crippen LogP contribution in [0.3, 0.4) is 0 Å². The van der Waals surface area contributed by atoms with Gasteiger partial charge < -0.3 is 10.6 Å². The average molecular weight is 369 g/mol. The first-order chi connectivity index (χ1) is 12.5. The van der Waals surface area contributed by atoms with Crippen LogP contribution in [0.1, 0.15) is 46.0 Å². The highest BCUT2D eigenvalue weighted by atomic mass is 32.1. The monoisotopic (exact) mass is 369 g/mol. The number of para-hydroxylation sites is 1. The summed E-state index contributed by atoms with van der Waals surface area (Å²) in [6.45, 7) is 4.61. The van der Waals surface area contributed by atoms with E-state index in [2.05, 4.69) is 22.9 Å². The lowest BCUT2D eigenvalue weighted by Crippen LogP contribution is -2.35. The molecule has 2 aromatic rings. The quantitative estimate of drug-likeness (QED) is 0.537. The van der Waals surface area contributed by atoms with Crippen molar-refractivity contribution in [3.63, 3.8) is 0 Å². The van der Waals surface area contributed by atoms with Gasteiger partial charge in [0, 0.05) is 12.1 Å². The van der Waals surface area contributed by atoms with Crippen molar-refractivity contribution in [3.8, 4) is 0 Å². The highest BCUT2D eigenvalue weighted by Gasteiger charge is 2.13. The Hall–Kier alpha value is -2.73. The predicted molar refractivity (Wildman–Crippen MR) is 109 cm³/mol. The zero-order valence-corrected chi connectivity index (χ0v) is 15.8. The van der Waals surface area contributed by atoms with Gasteiger partial charge in [-0.15, -0.1) is 0 Å². The molecule has 0 heterocycles. The minimum absolute atomic E-state index is 0.144. The van der Waals surface area contributed by atoms with Gasteiger partial charge in [-0.2, -0.15) is 0 Å². The van der Waals surface area contributed by atoms with Crippen molar-refractivity contribution in [2.75, 3.05) is 11.9 Å². The van der Waals surface area contributed by atoms with E-state index in [0.29, 0.717) is 23.4 Å². The van der Waals surface area contributed by atoms with E-state index in [4.69, 9.17) is 12.2 Å². The largest absolute Gasteiger partial charge is 0.352 e. The number of anilines is 1. The van der Waals surface area contributed by atoms with Gasteiger partial charge in [-0.1, -0.05) is 43.2 Å². The second-order valence-electron chi connectivity index (χ2n) is 5.93. The third-order valence-electron chi connectivity index (χ3n) is 3.74. The molecule has 0 atom stereocenters. The van der Waals surface area contributed by atoms with Gasteiger partial charge >= 0.3 is 0 Å². The number of carbonyl (C=O) groups is 2. The van der Waals surface area contributed by atoms with Crippen LogP contribution >= 0.6 is 12.2 Å². The van der Waals surface area contributed by atoms with Gasteiger partial charge in [-0.05, 0) is 49.8 Å². The number of thiocarbonyl (C=S) groups is 1. The maximum Gasteiger partial charge on any atom is 0.257 e. The fourth-order valence-corrected chi connectivity index (χ4v) is 2.58. The number of nitrogens with one attached hydrogen (secondary N) is 3.